The molecule has 1 radical (unpaired) electrons. The first kappa shape index (κ1) is 26.9. The molecule has 0 aliphatic rings. The van der Waals surface area contributed by atoms with Gasteiger partial charge in [0.1, 0.15) is 0 Å². The molecule has 3 aromatic rings. The predicted octanol–water partition coefficient (Wildman–Crippen LogP) is 1.78. The third-order valence-corrected chi connectivity index (χ3v) is 5.22. The number of primary amides is 1. The molecular weight excluding hydrogens is 501 g/mol. The molecule has 0 saturated carbocycles. The zero-order chi connectivity index (χ0) is 23.4. The maximum absolute atomic E-state index is 12.0. The van der Waals surface area contributed by atoms with E-state index in [0.717, 1.165) is 35.1 Å². The number of carbonyl (C=O) groups excluding carboxylic acids is 1. The van der Waals surface area contributed by atoms with Crippen molar-refractivity contribution in [1.29, 1.82) is 0 Å². The summed E-state index contributed by atoms with van der Waals surface area (Å²) in [5.41, 5.74) is 15.0. The molecule has 0 unspecified atom stereocenters. The summed E-state index contributed by atoms with van der Waals surface area (Å²) < 4.78 is 7.09. The molecule has 33 heavy (non-hydrogen) atoms. The first-order chi connectivity index (χ1) is 15.2. The molecule has 2 aromatic heterocycles. The van der Waals surface area contributed by atoms with E-state index in [1.165, 1.54) is 0 Å². The van der Waals surface area contributed by atoms with Gasteiger partial charge in [0.2, 0.25) is 0 Å². The standard InChI is InChI=1S/C22H34N8O2.Nb/c1-6-30-10-14-9-15(8-13(4)18(14)29-30)25-21-19(20(24)31)27-22(28-21)26-17(7-12(2)3)16(23)11-32-5;/h8-10,12,16-17H,6-7,11,23H2,1-5H3,(H5,24,25,26,27,28,31);/p-1/t16-,17+;/m0./s1. The molecule has 11 heteroatoms. The van der Waals surface area contributed by atoms with Crippen molar-refractivity contribution in [2.75, 3.05) is 19.0 Å². The van der Waals surface area contributed by atoms with Crippen LogP contribution >= 0.6 is 0 Å². The van der Waals surface area contributed by atoms with Gasteiger partial charge in [0.15, 0.2) is 0 Å². The number of rotatable bonds is 10. The van der Waals surface area contributed by atoms with Gasteiger partial charge >= 0.3 is 0 Å². The number of imidazole rings is 1. The van der Waals surface area contributed by atoms with Crippen molar-refractivity contribution in [3.63, 3.8) is 0 Å². The molecular formula is C22H33N8NbO2-. The molecule has 0 spiro atoms. The summed E-state index contributed by atoms with van der Waals surface area (Å²) in [6.45, 7) is 9.41. The molecule has 0 aliphatic heterocycles. The van der Waals surface area contributed by atoms with Gasteiger partial charge in [-0.05, 0) is 43.9 Å². The maximum atomic E-state index is 12.0. The minimum atomic E-state index is -0.650. The smallest absolute Gasteiger partial charge is 0.253 e. The molecule has 10 nitrogen and oxygen atoms in total. The van der Waals surface area contributed by atoms with Crippen LogP contribution in [0.25, 0.3) is 10.9 Å². The van der Waals surface area contributed by atoms with Crippen LogP contribution in [-0.4, -0.2) is 46.5 Å². The van der Waals surface area contributed by atoms with Crippen molar-refractivity contribution in [1.82, 2.24) is 19.7 Å². The first-order valence-corrected chi connectivity index (χ1v) is 10.8. The van der Waals surface area contributed by atoms with E-state index in [1.807, 2.05) is 36.9 Å². The van der Waals surface area contributed by atoms with Crippen LogP contribution in [0.4, 0.5) is 11.5 Å². The molecule has 0 bridgehead atoms. The number of hydrogen-bond donors (Lipinski definition) is 4. The second-order valence-electron chi connectivity index (χ2n) is 8.43. The minimum absolute atomic E-state index is 0. The van der Waals surface area contributed by atoms with Crippen LogP contribution in [0.3, 0.4) is 0 Å². The Labute approximate surface area is 209 Å². The summed E-state index contributed by atoms with van der Waals surface area (Å²) in [5, 5.41) is 8.81. The summed E-state index contributed by atoms with van der Waals surface area (Å²) >= 11 is 0. The Hall–Kier alpha value is -2.37. The molecule has 6 N–H and O–H groups in total. The molecule has 1 amide bonds. The molecule has 0 fully saturated rings. The normalized spacial score (nSPS) is 13.8. The Balaban J connectivity index is 0.00000385. The topological polar surface area (TPSA) is 150 Å². The van der Waals surface area contributed by atoms with Crippen molar-refractivity contribution >= 4 is 28.3 Å². The average molecular weight is 534 g/mol. The fourth-order valence-corrected chi connectivity index (χ4v) is 3.70. The van der Waals surface area contributed by atoms with Gasteiger partial charge in [-0.1, -0.05) is 13.8 Å². The van der Waals surface area contributed by atoms with E-state index >= 15 is 0 Å². The summed E-state index contributed by atoms with van der Waals surface area (Å²) in [4.78, 5) is 24.1. The largest absolute Gasteiger partial charge is 0.398 e. The number of H-pyrrole nitrogens is 1. The predicted molar refractivity (Wildman–Crippen MR) is 125 cm³/mol. The van der Waals surface area contributed by atoms with Gasteiger partial charge in [0, 0.05) is 71.0 Å². The number of benzene rings is 1. The monoisotopic (exact) mass is 534 g/mol. The summed E-state index contributed by atoms with van der Waals surface area (Å²) in [6, 6.07) is 3.43. The van der Waals surface area contributed by atoms with E-state index in [0.29, 0.717) is 24.0 Å². The van der Waals surface area contributed by atoms with Gasteiger partial charge in [-0.3, -0.25) is 9.48 Å². The quantitative estimate of drug-likeness (QED) is 0.291. The maximum Gasteiger partial charge on any atom is 0.253 e. The summed E-state index contributed by atoms with van der Waals surface area (Å²) in [6.07, 6.45) is 2.75. The zero-order valence-electron chi connectivity index (χ0n) is 19.8. The summed E-state index contributed by atoms with van der Waals surface area (Å²) in [7, 11) is 1.61. The Bertz CT molecular complexity index is 1150. The van der Waals surface area contributed by atoms with Crippen LogP contribution in [-0.2, 0) is 33.7 Å². The molecule has 2 heterocycles. The number of aryl methyl sites for hydroxylation is 2. The number of aromatic amines is 1. The number of hydrogen-bond acceptors (Lipinski definition) is 6. The SMILES string of the molecule is CCn1cc2cc(Nc3[nH]c(=N[C@H](CC(C)C)[C@@H](N)COC)[n-]c3C(N)=O)cc(C)c2n1.[Nb]. The van der Waals surface area contributed by atoms with Crippen molar-refractivity contribution in [2.24, 2.45) is 22.4 Å². The number of amides is 1. The number of nitrogens with zero attached hydrogens (tertiary/aromatic N) is 4. The van der Waals surface area contributed by atoms with Gasteiger partial charge < -0.3 is 36.5 Å². The van der Waals surface area contributed by atoms with E-state index in [9.17, 15) is 4.79 Å². The molecule has 3 rings (SSSR count). The van der Waals surface area contributed by atoms with Crippen LogP contribution in [0.15, 0.2) is 23.3 Å². The van der Waals surface area contributed by atoms with Crippen LogP contribution < -0.4 is 27.4 Å². The number of fused-ring (bicyclic) bond motifs is 1. The van der Waals surface area contributed by atoms with Crippen LogP contribution in [0, 0.1) is 12.8 Å². The van der Waals surface area contributed by atoms with E-state index in [-0.39, 0.29) is 40.2 Å². The van der Waals surface area contributed by atoms with E-state index in [2.05, 4.69) is 39.2 Å². The van der Waals surface area contributed by atoms with Crippen LogP contribution in [0.2, 0.25) is 0 Å². The first-order valence-electron chi connectivity index (χ1n) is 10.8. The number of ether oxygens (including phenoxy) is 1. The molecule has 0 aliphatic carbocycles. The second kappa shape index (κ2) is 11.7. The Morgan fingerprint density at radius 2 is 2.12 bits per heavy atom. The third-order valence-electron chi connectivity index (χ3n) is 5.22. The number of anilines is 2. The second-order valence-corrected chi connectivity index (χ2v) is 8.43. The van der Waals surface area contributed by atoms with Crippen molar-refractivity contribution in [3.05, 3.63) is 35.2 Å². The number of nitrogens with two attached hydrogens (primary N) is 2. The Kier molecular flexibility index (Phi) is 9.50. The fraction of sp³-hybridized carbons (Fsp3) is 0.500. The van der Waals surface area contributed by atoms with Gasteiger partial charge in [-0.2, -0.15) is 5.10 Å². The summed E-state index contributed by atoms with van der Waals surface area (Å²) in [5.74, 6) is 0.124. The van der Waals surface area contributed by atoms with E-state index < -0.39 is 5.91 Å². The number of methoxy groups -OCH3 is 1. The van der Waals surface area contributed by atoms with Gasteiger partial charge in [-0.15, -0.1) is 0 Å². The molecule has 1 aromatic carbocycles. The number of aromatic nitrogens is 4. The van der Waals surface area contributed by atoms with Crippen molar-refractivity contribution in [3.8, 4) is 0 Å². The molecule has 2 atom stereocenters. The fourth-order valence-electron chi connectivity index (χ4n) is 3.70. The Morgan fingerprint density at radius 1 is 1.39 bits per heavy atom. The zero-order valence-corrected chi connectivity index (χ0v) is 22.0. The number of carbonyl (C=O) groups is 1. The van der Waals surface area contributed by atoms with Gasteiger partial charge in [0.25, 0.3) is 5.91 Å². The van der Waals surface area contributed by atoms with Crippen molar-refractivity contribution < 1.29 is 31.9 Å². The third kappa shape index (κ3) is 6.58. The van der Waals surface area contributed by atoms with Gasteiger partial charge in [0.05, 0.1) is 23.6 Å². The van der Waals surface area contributed by atoms with Crippen LogP contribution in [0.1, 0.15) is 43.2 Å². The minimum Gasteiger partial charge on any atom is -0.398 e. The Morgan fingerprint density at radius 3 is 2.73 bits per heavy atom. The van der Waals surface area contributed by atoms with Crippen LogP contribution in [0.5, 0.6) is 0 Å². The van der Waals surface area contributed by atoms with Gasteiger partial charge in [-0.25, -0.2) is 0 Å². The number of nitrogens with one attached hydrogen (secondary N) is 2. The molecule has 0 saturated heterocycles. The van der Waals surface area contributed by atoms with E-state index in [4.69, 9.17) is 16.2 Å². The average Bonchev–Trinajstić information content (AvgIpc) is 3.31. The van der Waals surface area contributed by atoms with E-state index in [1.54, 1.807) is 7.11 Å². The van der Waals surface area contributed by atoms with Crippen molar-refractivity contribution in [2.45, 2.75) is 52.7 Å². The molecule has 179 valence electrons.